The first kappa shape index (κ1) is 21.2. The smallest absolute Gasteiger partial charge is 0.298 e. The van der Waals surface area contributed by atoms with E-state index in [0.29, 0.717) is 12.2 Å². The molecule has 7 heteroatoms. The molecule has 0 N–H and O–H groups in total. The number of piperidine rings is 1. The van der Waals surface area contributed by atoms with Crippen LogP contribution < -0.4 is 4.48 Å². The molecule has 1 amide bonds. The number of amides is 1. The lowest BCUT2D eigenvalue weighted by molar-refractivity contribution is -0.137. The molecule has 1 unspecified atom stereocenters. The molecule has 1 aromatic carbocycles. The highest BCUT2D eigenvalue weighted by atomic mass is 35.5. The maximum atomic E-state index is 12.9. The minimum Gasteiger partial charge on any atom is -0.298 e. The number of carbonyl (C=O) groups excluding carboxylic acids is 1. The van der Waals surface area contributed by atoms with E-state index in [-0.39, 0.29) is 28.8 Å². The third-order valence-corrected chi connectivity index (χ3v) is 5.81. The molecule has 0 aliphatic carbocycles. The molecule has 0 radical (unpaired) electrons. The summed E-state index contributed by atoms with van der Waals surface area (Å²) in [6.07, 6.45) is 0.969. The monoisotopic (exact) mass is 391 g/mol. The minimum atomic E-state index is -4.35. The molecule has 0 spiro atoms. The van der Waals surface area contributed by atoms with Crippen LogP contribution in [0.25, 0.3) is 0 Å². The molecule has 26 heavy (non-hydrogen) atoms. The van der Waals surface area contributed by atoms with E-state index in [1.54, 1.807) is 6.92 Å². The molecular weight excluding hydrogens is 365 g/mol. The summed E-state index contributed by atoms with van der Waals surface area (Å²) < 4.78 is 38.8. The fourth-order valence-corrected chi connectivity index (χ4v) is 4.49. The molecule has 3 nitrogen and oxygen atoms in total. The first-order chi connectivity index (χ1) is 11.8. The Kier molecular flexibility index (Phi) is 6.75. The van der Waals surface area contributed by atoms with Gasteiger partial charge in [0.2, 0.25) is 0 Å². The van der Waals surface area contributed by atoms with Crippen molar-refractivity contribution in [3.63, 3.8) is 0 Å². The van der Waals surface area contributed by atoms with Gasteiger partial charge in [-0.1, -0.05) is 0 Å². The van der Waals surface area contributed by atoms with Gasteiger partial charge in [0.15, 0.2) is 0 Å². The SMILES string of the molecule is CC(=O)[N@@+]1(c2ccc(C(F)(F)F)cc2)CCCCC1CN1CCCC1.Cl. The van der Waals surface area contributed by atoms with Crippen LogP contribution in [0.3, 0.4) is 0 Å². The Balaban J connectivity index is 0.00000243. The topological polar surface area (TPSA) is 20.3 Å². The molecule has 2 heterocycles. The fraction of sp³-hybridized carbons (Fsp3) is 0.632. The van der Waals surface area contributed by atoms with Crippen LogP contribution in [-0.2, 0) is 11.0 Å². The van der Waals surface area contributed by atoms with E-state index in [2.05, 4.69) is 4.90 Å². The molecule has 146 valence electrons. The van der Waals surface area contributed by atoms with Crippen molar-refractivity contribution in [2.75, 3.05) is 26.2 Å². The number of benzene rings is 1. The summed E-state index contributed by atoms with van der Waals surface area (Å²) in [7, 11) is 0. The van der Waals surface area contributed by atoms with Gasteiger partial charge in [-0.25, -0.2) is 9.28 Å². The van der Waals surface area contributed by atoms with Gasteiger partial charge in [0.05, 0.1) is 25.6 Å². The molecule has 1 aromatic rings. The van der Waals surface area contributed by atoms with Crippen LogP contribution in [0.15, 0.2) is 24.3 Å². The Bertz CT molecular complexity index is 614. The quantitative estimate of drug-likeness (QED) is 0.700. The number of quaternary nitrogens is 1. The van der Waals surface area contributed by atoms with Crippen molar-refractivity contribution in [1.82, 2.24) is 9.38 Å². The molecule has 3 rings (SSSR count). The zero-order chi connectivity index (χ0) is 18.1. The summed E-state index contributed by atoms with van der Waals surface area (Å²) in [6, 6.07) is 5.36. The van der Waals surface area contributed by atoms with Crippen LogP contribution in [0.5, 0.6) is 0 Å². The number of rotatable bonds is 3. The van der Waals surface area contributed by atoms with Gasteiger partial charge in [0.25, 0.3) is 0 Å². The first-order valence-electron chi connectivity index (χ1n) is 9.13. The van der Waals surface area contributed by atoms with E-state index in [0.717, 1.165) is 51.0 Å². The first-order valence-corrected chi connectivity index (χ1v) is 9.13. The number of alkyl halides is 3. The summed E-state index contributed by atoms with van der Waals surface area (Å²) in [5, 5.41) is 0. The molecule has 2 aliphatic heterocycles. The van der Waals surface area contributed by atoms with Crippen LogP contribution in [0.2, 0.25) is 0 Å². The largest absolute Gasteiger partial charge is 0.416 e. The van der Waals surface area contributed by atoms with Gasteiger partial charge in [-0.15, -0.1) is 12.4 Å². The number of hydrogen-bond acceptors (Lipinski definition) is 2. The van der Waals surface area contributed by atoms with Gasteiger partial charge in [0.1, 0.15) is 11.7 Å². The second-order valence-electron chi connectivity index (χ2n) is 7.31. The molecule has 0 bridgehead atoms. The lowest BCUT2D eigenvalue weighted by atomic mass is 9.95. The van der Waals surface area contributed by atoms with Crippen LogP contribution in [0.4, 0.5) is 18.9 Å². The Hall–Kier alpha value is -1.11. The van der Waals surface area contributed by atoms with E-state index in [4.69, 9.17) is 0 Å². The third-order valence-electron chi connectivity index (χ3n) is 5.81. The van der Waals surface area contributed by atoms with E-state index >= 15 is 0 Å². The predicted octanol–water partition coefficient (Wildman–Crippen LogP) is 4.63. The maximum absolute atomic E-state index is 12.9. The minimum absolute atomic E-state index is 0. The lowest BCUT2D eigenvalue weighted by Crippen LogP contribution is -2.65. The molecule has 2 fully saturated rings. The average molecular weight is 392 g/mol. The molecule has 0 saturated carbocycles. The van der Waals surface area contributed by atoms with Gasteiger partial charge in [-0.2, -0.15) is 13.2 Å². The average Bonchev–Trinajstić information content (AvgIpc) is 3.07. The number of carbonyl (C=O) groups is 1. The van der Waals surface area contributed by atoms with E-state index in [1.807, 2.05) is 0 Å². The Labute approximate surface area is 159 Å². The van der Waals surface area contributed by atoms with Gasteiger partial charge in [0, 0.05) is 18.6 Å². The van der Waals surface area contributed by atoms with Crippen molar-refractivity contribution in [3.05, 3.63) is 29.8 Å². The van der Waals surface area contributed by atoms with Crippen molar-refractivity contribution in [1.29, 1.82) is 0 Å². The van der Waals surface area contributed by atoms with Gasteiger partial charge in [-0.3, -0.25) is 4.90 Å². The molecule has 0 aromatic heterocycles. The number of nitrogens with zero attached hydrogens (tertiary/aromatic N) is 2. The highest BCUT2D eigenvalue weighted by Crippen LogP contribution is 2.37. The maximum Gasteiger partial charge on any atom is 0.416 e. The van der Waals surface area contributed by atoms with Crippen molar-refractivity contribution in [2.45, 2.75) is 51.2 Å². The Morgan fingerprint density at radius 2 is 1.73 bits per heavy atom. The van der Waals surface area contributed by atoms with E-state index in [9.17, 15) is 18.0 Å². The van der Waals surface area contributed by atoms with Gasteiger partial charge < -0.3 is 0 Å². The number of hydrogen-bond donors (Lipinski definition) is 0. The third kappa shape index (κ3) is 4.07. The fourth-order valence-electron chi connectivity index (χ4n) is 4.49. The van der Waals surface area contributed by atoms with Crippen molar-refractivity contribution >= 4 is 24.0 Å². The van der Waals surface area contributed by atoms with Crippen molar-refractivity contribution in [2.24, 2.45) is 0 Å². The molecule has 2 aliphatic rings. The highest BCUT2D eigenvalue weighted by molar-refractivity contribution is 5.87. The zero-order valence-corrected chi connectivity index (χ0v) is 15.9. The van der Waals surface area contributed by atoms with Crippen LogP contribution >= 0.6 is 12.4 Å². The highest BCUT2D eigenvalue weighted by Gasteiger charge is 2.46. The Morgan fingerprint density at radius 3 is 2.27 bits per heavy atom. The second-order valence-corrected chi connectivity index (χ2v) is 7.31. The summed E-state index contributed by atoms with van der Waals surface area (Å²) in [6.45, 7) is 5.22. The Morgan fingerprint density at radius 1 is 1.12 bits per heavy atom. The molecular formula is C19H27ClF3N2O+. The van der Waals surface area contributed by atoms with Crippen molar-refractivity contribution in [3.8, 4) is 0 Å². The zero-order valence-electron chi connectivity index (χ0n) is 15.1. The summed E-state index contributed by atoms with van der Waals surface area (Å²) in [5.74, 6) is 0.0312. The van der Waals surface area contributed by atoms with Gasteiger partial charge in [-0.05, 0) is 50.9 Å². The summed E-state index contributed by atoms with van der Waals surface area (Å²) in [5.41, 5.74) is 0.0375. The molecule has 2 atom stereocenters. The van der Waals surface area contributed by atoms with Crippen LogP contribution in [-0.4, -0.2) is 43.0 Å². The second kappa shape index (κ2) is 8.28. The van der Waals surface area contributed by atoms with Gasteiger partial charge >= 0.3 is 12.1 Å². The summed E-state index contributed by atoms with van der Waals surface area (Å²) >= 11 is 0. The predicted molar refractivity (Wildman–Crippen MR) is 99.3 cm³/mol. The van der Waals surface area contributed by atoms with E-state index < -0.39 is 11.7 Å². The van der Waals surface area contributed by atoms with E-state index in [1.165, 1.54) is 25.0 Å². The number of likely N-dealkylation sites (tertiary alicyclic amines) is 2. The normalized spacial score (nSPS) is 27.2. The molecule has 2 saturated heterocycles. The number of halogens is 4. The lowest BCUT2D eigenvalue weighted by Gasteiger charge is -2.45. The standard InChI is InChI=1S/C19H26F3N2O.ClH/c1-15(25)24(17-9-7-16(8-10-17)19(20,21)22)13-5-2-6-18(24)14-23-11-3-4-12-23;/h7-10,18H,2-6,11-14H2,1H3;1H/q+1;/t18?,24-;/m1./s1. The van der Waals surface area contributed by atoms with Crippen LogP contribution in [0, 0.1) is 0 Å². The van der Waals surface area contributed by atoms with Crippen molar-refractivity contribution < 1.29 is 18.0 Å². The summed E-state index contributed by atoms with van der Waals surface area (Å²) in [4.78, 5) is 15.1. The van der Waals surface area contributed by atoms with Crippen LogP contribution in [0.1, 0.15) is 44.6 Å².